The van der Waals surface area contributed by atoms with E-state index in [1.54, 1.807) is 11.8 Å². The predicted octanol–water partition coefficient (Wildman–Crippen LogP) is 0.918. The Bertz CT molecular complexity index is 294. The highest BCUT2D eigenvalue weighted by atomic mass is 16.5. The number of amides is 2. The summed E-state index contributed by atoms with van der Waals surface area (Å²) in [7, 11) is 0. The fourth-order valence-electron chi connectivity index (χ4n) is 1.93. The van der Waals surface area contributed by atoms with Gasteiger partial charge in [-0.1, -0.05) is 6.92 Å². The first-order valence-corrected chi connectivity index (χ1v) is 6.41. The van der Waals surface area contributed by atoms with Crippen LogP contribution in [0.4, 0.5) is 4.79 Å². The van der Waals surface area contributed by atoms with Crippen molar-refractivity contribution >= 4 is 12.0 Å². The molecule has 1 aliphatic heterocycles. The Kier molecular flexibility index (Phi) is 5.91. The second kappa shape index (κ2) is 7.20. The molecule has 1 heterocycles. The molecule has 104 valence electrons. The Morgan fingerprint density at radius 3 is 2.89 bits per heavy atom. The average Bonchev–Trinajstić information content (AvgIpc) is 2.36. The number of aliphatic carboxylic acids is 1. The number of urea groups is 1. The zero-order valence-corrected chi connectivity index (χ0v) is 11.0. The highest BCUT2D eigenvalue weighted by Crippen LogP contribution is 2.13. The molecule has 2 N–H and O–H groups in total. The maximum absolute atomic E-state index is 11.8. The summed E-state index contributed by atoms with van der Waals surface area (Å²) in [4.78, 5) is 24.2. The van der Waals surface area contributed by atoms with E-state index in [0.717, 1.165) is 12.8 Å². The van der Waals surface area contributed by atoms with Crippen LogP contribution in [0, 0.1) is 5.92 Å². The van der Waals surface area contributed by atoms with Gasteiger partial charge in [0.2, 0.25) is 0 Å². The number of rotatable bonds is 5. The van der Waals surface area contributed by atoms with Gasteiger partial charge in [-0.25, -0.2) is 4.79 Å². The summed E-state index contributed by atoms with van der Waals surface area (Å²) in [6, 6.07) is -0.201. The molecule has 6 nitrogen and oxygen atoms in total. The van der Waals surface area contributed by atoms with Crippen LogP contribution in [-0.2, 0) is 9.53 Å². The molecular weight excluding hydrogens is 236 g/mol. The third-order valence-electron chi connectivity index (χ3n) is 3.05. The topological polar surface area (TPSA) is 78.9 Å². The fourth-order valence-corrected chi connectivity index (χ4v) is 1.93. The van der Waals surface area contributed by atoms with E-state index >= 15 is 0 Å². The van der Waals surface area contributed by atoms with Crippen molar-refractivity contribution in [1.29, 1.82) is 0 Å². The first-order chi connectivity index (χ1) is 8.54. The molecule has 0 aromatic carbocycles. The van der Waals surface area contributed by atoms with Crippen LogP contribution in [-0.4, -0.2) is 54.4 Å². The van der Waals surface area contributed by atoms with Crippen molar-refractivity contribution in [2.45, 2.75) is 32.8 Å². The van der Waals surface area contributed by atoms with Crippen LogP contribution in [0.5, 0.6) is 0 Å². The van der Waals surface area contributed by atoms with E-state index in [1.165, 1.54) is 0 Å². The average molecular weight is 258 g/mol. The summed E-state index contributed by atoms with van der Waals surface area (Å²) >= 11 is 0. The van der Waals surface area contributed by atoms with Crippen LogP contribution in [0.25, 0.3) is 0 Å². The van der Waals surface area contributed by atoms with Gasteiger partial charge in [-0.05, 0) is 19.8 Å². The van der Waals surface area contributed by atoms with Gasteiger partial charge >= 0.3 is 12.0 Å². The number of nitrogens with one attached hydrogen (secondary N) is 1. The number of piperidine rings is 1. The zero-order valence-electron chi connectivity index (χ0n) is 11.0. The maximum atomic E-state index is 11.8. The maximum Gasteiger partial charge on any atom is 0.317 e. The number of carbonyl (C=O) groups excluding carboxylic acids is 1. The van der Waals surface area contributed by atoms with Crippen molar-refractivity contribution in [3.63, 3.8) is 0 Å². The molecule has 18 heavy (non-hydrogen) atoms. The quantitative estimate of drug-likeness (QED) is 0.768. The number of carbonyl (C=O) groups is 2. The van der Waals surface area contributed by atoms with Crippen LogP contribution in [0.3, 0.4) is 0 Å². The minimum absolute atomic E-state index is 0.103. The van der Waals surface area contributed by atoms with E-state index in [9.17, 15) is 9.59 Å². The highest BCUT2D eigenvalue weighted by Gasteiger charge is 2.24. The summed E-state index contributed by atoms with van der Waals surface area (Å²) < 4.78 is 5.51. The van der Waals surface area contributed by atoms with Crippen molar-refractivity contribution in [1.82, 2.24) is 10.2 Å². The number of ether oxygens (including phenoxy) is 1. The first-order valence-electron chi connectivity index (χ1n) is 6.41. The van der Waals surface area contributed by atoms with E-state index in [2.05, 4.69) is 5.32 Å². The van der Waals surface area contributed by atoms with Crippen LogP contribution in [0.1, 0.15) is 26.7 Å². The summed E-state index contributed by atoms with van der Waals surface area (Å²) in [6.07, 6.45) is 2.00. The van der Waals surface area contributed by atoms with Gasteiger partial charge in [0.25, 0.3) is 0 Å². The second-order valence-electron chi connectivity index (χ2n) is 4.59. The molecule has 6 heteroatoms. The Morgan fingerprint density at radius 1 is 1.56 bits per heavy atom. The standard InChI is InChI=1S/C12H22N2O4/c1-3-18-10-5-4-6-14(8-10)12(17)13-7-9(2)11(15)16/h9-10H,3-8H2,1-2H3,(H,13,17)(H,15,16). The number of nitrogens with zero attached hydrogens (tertiary/aromatic N) is 1. The van der Waals surface area contributed by atoms with E-state index in [1.807, 2.05) is 6.92 Å². The molecule has 1 aliphatic rings. The van der Waals surface area contributed by atoms with E-state index < -0.39 is 11.9 Å². The fraction of sp³-hybridized carbons (Fsp3) is 0.833. The molecule has 1 fully saturated rings. The van der Waals surface area contributed by atoms with Crippen molar-refractivity contribution in [2.75, 3.05) is 26.2 Å². The molecule has 2 unspecified atom stereocenters. The molecule has 0 aromatic rings. The Balaban J connectivity index is 2.34. The second-order valence-corrected chi connectivity index (χ2v) is 4.59. The molecule has 0 aromatic heterocycles. The van der Waals surface area contributed by atoms with Gasteiger partial charge in [-0.3, -0.25) is 4.79 Å². The van der Waals surface area contributed by atoms with Crippen molar-refractivity contribution in [2.24, 2.45) is 5.92 Å². The minimum Gasteiger partial charge on any atom is -0.481 e. The van der Waals surface area contributed by atoms with Crippen molar-refractivity contribution in [3.8, 4) is 0 Å². The zero-order chi connectivity index (χ0) is 13.5. The van der Waals surface area contributed by atoms with Gasteiger partial charge in [0.05, 0.1) is 12.0 Å². The molecular formula is C12H22N2O4. The van der Waals surface area contributed by atoms with E-state index in [-0.39, 0.29) is 18.7 Å². The highest BCUT2D eigenvalue weighted by molar-refractivity contribution is 5.76. The third-order valence-corrected chi connectivity index (χ3v) is 3.05. The molecule has 0 aliphatic carbocycles. The Hall–Kier alpha value is -1.30. The molecule has 1 saturated heterocycles. The van der Waals surface area contributed by atoms with Crippen LogP contribution in [0.2, 0.25) is 0 Å². The number of carboxylic acid groups (broad SMARTS) is 1. The van der Waals surface area contributed by atoms with Gasteiger partial charge in [0.1, 0.15) is 0 Å². The third kappa shape index (κ3) is 4.52. The summed E-state index contributed by atoms with van der Waals surface area (Å²) in [6.45, 7) is 5.60. The summed E-state index contributed by atoms with van der Waals surface area (Å²) in [5.74, 6) is -1.47. The van der Waals surface area contributed by atoms with Crippen LogP contribution < -0.4 is 5.32 Å². The van der Waals surface area contributed by atoms with E-state index in [0.29, 0.717) is 19.7 Å². The molecule has 2 atom stereocenters. The number of likely N-dealkylation sites (tertiary alicyclic amines) is 1. The van der Waals surface area contributed by atoms with Crippen LogP contribution in [0.15, 0.2) is 0 Å². The number of carboxylic acids is 1. The minimum atomic E-state index is -0.902. The number of hydrogen-bond donors (Lipinski definition) is 2. The lowest BCUT2D eigenvalue weighted by Crippen LogP contribution is -2.48. The molecule has 0 radical (unpaired) electrons. The van der Waals surface area contributed by atoms with Crippen LogP contribution >= 0.6 is 0 Å². The lowest BCUT2D eigenvalue weighted by atomic mass is 10.1. The monoisotopic (exact) mass is 258 g/mol. The SMILES string of the molecule is CCOC1CCCN(C(=O)NCC(C)C(=O)O)C1. The van der Waals surface area contributed by atoms with Gasteiger partial charge in [0, 0.05) is 26.2 Å². The lowest BCUT2D eigenvalue weighted by Gasteiger charge is -2.32. The molecule has 1 rings (SSSR count). The molecule has 0 spiro atoms. The smallest absolute Gasteiger partial charge is 0.317 e. The molecule has 2 amide bonds. The lowest BCUT2D eigenvalue weighted by molar-refractivity contribution is -0.140. The van der Waals surface area contributed by atoms with Crippen molar-refractivity contribution in [3.05, 3.63) is 0 Å². The predicted molar refractivity (Wildman–Crippen MR) is 66.4 cm³/mol. The molecule has 0 saturated carbocycles. The van der Waals surface area contributed by atoms with Crippen molar-refractivity contribution < 1.29 is 19.4 Å². The van der Waals surface area contributed by atoms with Gasteiger partial charge < -0.3 is 20.1 Å². The number of hydrogen-bond acceptors (Lipinski definition) is 3. The Morgan fingerprint density at radius 2 is 2.28 bits per heavy atom. The van der Waals surface area contributed by atoms with Gasteiger partial charge in [-0.2, -0.15) is 0 Å². The largest absolute Gasteiger partial charge is 0.481 e. The summed E-state index contributed by atoms with van der Waals surface area (Å²) in [5.41, 5.74) is 0. The Labute approximate surface area is 107 Å². The van der Waals surface area contributed by atoms with E-state index in [4.69, 9.17) is 9.84 Å². The van der Waals surface area contributed by atoms with Gasteiger partial charge in [-0.15, -0.1) is 0 Å². The summed E-state index contributed by atoms with van der Waals surface area (Å²) in [5, 5.41) is 11.4. The molecule has 0 bridgehead atoms. The first kappa shape index (κ1) is 14.8. The normalized spacial score (nSPS) is 21.4. The van der Waals surface area contributed by atoms with Gasteiger partial charge in [0.15, 0.2) is 0 Å².